The van der Waals surface area contributed by atoms with E-state index >= 15 is 0 Å². The molecule has 3 heteroatoms. The number of piperidine rings is 1. The molecule has 0 saturated carbocycles. The predicted molar refractivity (Wildman–Crippen MR) is 56.4 cm³/mol. The molecule has 1 fully saturated rings. The van der Waals surface area contributed by atoms with Crippen molar-refractivity contribution in [3.8, 4) is 0 Å². The first kappa shape index (κ1) is 9.53. The molecule has 1 atom stereocenters. The Morgan fingerprint density at radius 2 is 2.29 bits per heavy atom. The molecule has 0 bridgehead atoms. The summed E-state index contributed by atoms with van der Waals surface area (Å²) in [6.45, 7) is 0.801. The van der Waals surface area contributed by atoms with E-state index in [1.807, 2.05) is 24.3 Å². The van der Waals surface area contributed by atoms with Gasteiger partial charge in [0.25, 0.3) is 0 Å². The van der Waals surface area contributed by atoms with E-state index in [4.69, 9.17) is 11.6 Å². The average molecular weight is 210 g/mol. The fraction of sp³-hybridized carbons (Fsp3) is 0.364. The molecule has 2 rings (SSSR count). The van der Waals surface area contributed by atoms with Gasteiger partial charge >= 0.3 is 0 Å². The molecule has 1 aromatic carbocycles. The van der Waals surface area contributed by atoms with Crippen molar-refractivity contribution >= 4 is 17.5 Å². The molecule has 74 valence electrons. The number of hydrogen-bond acceptors (Lipinski definition) is 1. The van der Waals surface area contributed by atoms with Gasteiger partial charge in [-0.05, 0) is 30.5 Å². The third-order valence-corrected chi connectivity index (χ3v) is 2.77. The summed E-state index contributed by atoms with van der Waals surface area (Å²) in [6.07, 6.45) is 1.97. The number of carbonyl (C=O) groups is 1. The third kappa shape index (κ3) is 1.90. The van der Waals surface area contributed by atoms with Gasteiger partial charge in [-0.3, -0.25) is 4.79 Å². The maximum absolute atomic E-state index is 11.6. The lowest BCUT2D eigenvalue weighted by molar-refractivity contribution is -0.123. The zero-order valence-electron chi connectivity index (χ0n) is 7.79. The second kappa shape index (κ2) is 4.01. The lowest BCUT2D eigenvalue weighted by Gasteiger charge is -2.22. The highest BCUT2D eigenvalue weighted by molar-refractivity contribution is 6.30. The van der Waals surface area contributed by atoms with Crippen molar-refractivity contribution < 1.29 is 4.79 Å². The van der Waals surface area contributed by atoms with Gasteiger partial charge in [-0.25, -0.2) is 0 Å². The van der Waals surface area contributed by atoms with Gasteiger partial charge in [-0.15, -0.1) is 0 Å². The second-order valence-corrected chi connectivity index (χ2v) is 3.98. The predicted octanol–water partition coefficient (Wildman–Crippen LogP) is 2.33. The van der Waals surface area contributed by atoms with Crippen LogP contribution in [0.2, 0.25) is 5.02 Å². The highest BCUT2D eigenvalue weighted by Gasteiger charge is 2.23. The minimum absolute atomic E-state index is 0.0116. The Hall–Kier alpha value is -1.02. The summed E-state index contributed by atoms with van der Waals surface area (Å²) in [5, 5.41) is 3.56. The number of halogens is 1. The molecular formula is C11H12ClNO. The SMILES string of the molecule is O=C1NCCC[C@@H]1c1cccc(Cl)c1. The zero-order chi connectivity index (χ0) is 9.97. The fourth-order valence-electron chi connectivity index (χ4n) is 1.81. The smallest absolute Gasteiger partial charge is 0.227 e. The molecule has 0 radical (unpaired) electrons. The summed E-state index contributed by atoms with van der Waals surface area (Å²) >= 11 is 5.88. The van der Waals surface area contributed by atoms with Crippen molar-refractivity contribution in [2.75, 3.05) is 6.54 Å². The second-order valence-electron chi connectivity index (χ2n) is 3.54. The lowest BCUT2D eigenvalue weighted by atomic mass is 9.91. The van der Waals surface area contributed by atoms with Crippen LogP contribution in [0.4, 0.5) is 0 Å². The maximum atomic E-state index is 11.6. The molecule has 1 aliphatic heterocycles. The first-order valence-corrected chi connectivity index (χ1v) is 5.18. The van der Waals surface area contributed by atoms with Crippen LogP contribution in [-0.2, 0) is 4.79 Å². The summed E-state index contributed by atoms with van der Waals surface area (Å²) in [5.41, 5.74) is 1.02. The van der Waals surface area contributed by atoms with E-state index in [0.29, 0.717) is 5.02 Å². The van der Waals surface area contributed by atoms with Crippen molar-refractivity contribution in [2.45, 2.75) is 18.8 Å². The van der Waals surface area contributed by atoms with Crippen LogP contribution in [0.1, 0.15) is 24.3 Å². The van der Waals surface area contributed by atoms with Crippen molar-refractivity contribution in [1.82, 2.24) is 5.32 Å². The van der Waals surface area contributed by atoms with Gasteiger partial charge in [-0.2, -0.15) is 0 Å². The van der Waals surface area contributed by atoms with E-state index in [-0.39, 0.29) is 11.8 Å². The minimum Gasteiger partial charge on any atom is -0.356 e. The first-order chi connectivity index (χ1) is 6.77. The van der Waals surface area contributed by atoms with Gasteiger partial charge in [0.05, 0.1) is 5.92 Å². The molecule has 0 aliphatic carbocycles. The highest BCUT2D eigenvalue weighted by Crippen LogP contribution is 2.25. The van der Waals surface area contributed by atoms with Crippen molar-refractivity contribution in [1.29, 1.82) is 0 Å². The van der Waals surface area contributed by atoms with E-state index in [2.05, 4.69) is 5.32 Å². The number of carbonyl (C=O) groups excluding carboxylic acids is 1. The first-order valence-electron chi connectivity index (χ1n) is 4.80. The molecule has 0 aromatic heterocycles. The quantitative estimate of drug-likeness (QED) is 0.756. The average Bonchev–Trinajstić information content (AvgIpc) is 2.18. The Morgan fingerprint density at radius 3 is 3.00 bits per heavy atom. The van der Waals surface area contributed by atoms with Crippen molar-refractivity contribution in [3.05, 3.63) is 34.9 Å². The van der Waals surface area contributed by atoms with Gasteiger partial charge in [0.2, 0.25) is 5.91 Å². The van der Waals surface area contributed by atoms with Gasteiger partial charge in [0.1, 0.15) is 0 Å². The number of hydrogen-bond donors (Lipinski definition) is 1. The highest BCUT2D eigenvalue weighted by atomic mass is 35.5. The van der Waals surface area contributed by atoms with E-state index in [9.17, 15) is 4.79 Å². The van der Waals surface area contributed by atoms with E-state index in [1.165, 1.54) is 0 Å². The molecule has 1 amide bonds. The minimum atomic E-state index is -0.0116. The van der Waals surface area contributed by atoms with E-state index in [0.717, 1.165) is 24.9 Å². The Balaban J connectivity index is 2.24. The van der Waals surface area contributed by atoms with Crippen LogP contribution in [-0.4, -0.2) is 12.5 Å². The number of rotatable bonds is 1. The summed E-state index contributed by atoms with van der Waals surface area (Å²) in [7, 11) is 0. The number of benzene rings is 1. The Labute approximate surface area is 88.3 Å². The molecule has 2 nitrogen and oxygen atoms in total. The van der Waals surface area contributed by atoms with Crippen LogP contribution in [0.15, 0.2) is 24.3 Å². The maximum Gasteiger partial charge on any atom is 0.227 e. The summed E-state index contributed by atoms with van der Waals surface area (Å²) in [6, 6.07) is 7.55. The fourth-order valence-corrected chi connectivity index (χ4v) is 2.01. The van der Waals surface area contributed by atoms with Gasteiger partial charge < -0.3 is 5.32 Å². The largest absolute Gasteiger partial charge is 0.356 e. The Bertz CT molecular complexity index is 351. The summed E-state index contributed by atoms with van der Waals surface area (Å²) in [5.74, 6) is 0.112. The monoisotopic (exact) mass is 209 g/mol. The molecule has 1 aliphatic rings. The Morgan fingerprint density at radius 1 is 1.43 bits per heavy atom. The van der Waals surface area contributed by atoms with Crippen LogP contribution >= 0.6 is 11.6 Å². The summed E-state index contributed by atoms with van der Waals surface area (Å²) < 4.78 is 0. The van der Waals surface area contributed by atoms with Crippen LogP contribution < -0.4 is 5.32 Å². The molecule has 14 heavy (non-hydrogen) atoms. The van der Waals surface area contributed by atoms with Crippen molar-refractivity contribution in [3.63, 3.8) is 0 Å². The topological polar surface area (TPSA) is 29.1 Å². The van der Waals surface area contributed by atoms with Gasteiger partial charge in [0.15, 0.2) is 0 Å². The molecule has 1 aromatic rings. The third-order valence-electron chi connectivity index (χ3n) is 2.54. The lowest BCUT2D eigenvalue weighted by Crippen LogP contribution is -2.34. The number of amides is 1. The van der Waals surface area contributed by atoms with Crippen LogP contribution in [0.5, 0.6) is 0 Å². The molecule has 1 N–H and O–H groups in total. The summed E-state index contributed by atoms with van der Waals surface area (Å²) in [4.78, 5) is 11.6. The zero-order valence-corrected chi connectivity index (χ0v) is 8.55. The van der Waals surface area contributed by atoms with E-state index in [1.54, 1.807) is 0 Å². The van der Waals surface area contributed by atoms with Gasteiger partial charge in [0, 0.05) is 11.6 Å². The molecule has 1 heterocycles. The van der Waals surface area contributed by atoms with Crippen LogP contribution in [0, 0.1) is 0 Å². The molecular weight excluding hydrogens is 198 g/mol. The van der Waals surface area contributed by atoms with E-state index < -0.39 is 0 Å². The Kier molecular flexibility index (Phi) is 2.73. The molecule has 1 saturated heterocycles. The van der Waals surface area contributed by atoms with Crippen LogP contribution in [0.25, 0.3) is 0 Å². The normalized spacial score (nSPS) is 21.8. The number of nitrogens with one attached hydrogen (secondary N) is 1. The van der Waals surface area contributed by atoms with Gasteiger partial charge in [-0.1, -0.05) is 23.7 Å². The molecule has 0 spiro atoms. The van der Waals surface area contributed by atoms with Crippen molar-refractivity contribution in [2.24, 2.45) is 0 Å². The van der Waals surface area contributed by atoms with Crippen LogP contribution in [0.3, 0.4) is 0 Å². The molecule has 0 unspecified atom stereocenters. The standard InChI is InChI=1S/C11H12ClNO/c12-9-4-1-3-8(7-9)10-5-2-6-13-11(10)14/h1,3-4,7,10H,2,5-6H2,(H,13,14)/t10-/m1/s1.